The Morgan fingerprint density at radius 2 is 1.55 bits per heavy atom. The summed E-state index contributed by atoms with van der Waals surface area (Å²) in [5.74, 6) is -0.690. The molecule has 0 saturated heterocycles. The van der Waals surface area contributed by atoms with E-state index in [2.05, 4.69) is 4.89 Å². The van der Waals surface area contributed by atoms with Gasteiger partial charge in [0.2, 0.25) is 0 Å². The number of carbonyl (C=O) groups excluding carboxylic acids is 1. The van der Waals surface area contributed by atoms with Gasteiger partial charge in [0.05, 0.1) is 0 Å². The van der Waals surface area contributed by atoms with Crippen molar-refractivity contribution in [3.63, 3.8) is 0 Å². The van der Waals surface area contributed by atoms with Gasteiger partial charge in [-0.25, -0.2) is 4.79 Å². The van der Waals surface area contributed by atoms with E-state index in [1.165, 1.54) is 0 Å². The van der Waals surface area contributed by atoms with Gasteiger partial charge in [-0.3, -0.25) is 0 Å². The van der Waals surface area contributed by atoms with Gasteiger partial charge < -0.3 is 9.99 Å². The second-order valence-corrected chi connectivity index (χ2v) is 1.68. The van der Waals surface area contributed by atoms with Gasteiger partial charge in [-0.15, -0.1) is 0 Å². The summed E-state index contributed by atoms with van der Waals surface area (Å²) in [6.07, 6.45) is -0.167. The number of hydrogen-bond acceptors (Lipinski definition) is 5. The van der Waals surface area contributed by atoms with Gasteiger partial charge >= 0.3 is 29.7 Å². The molecule has 0 spiro atoms. The van der Waals surface area contributed by atoms with Gasteiger partial charge in [0.25, 0.3) is 0 Å². The molecule has 0 bridgehead atoms. The first-order chi connectivity index (χ1) is 5.00. The minimum atomic E-state index is -0.690. The van der Waals surface area contributed by atoms with Crippen molar-refractivity contribution in [1.82, 2.24) is 0 Å². The zero-order chi connectivity index (χ0) is 9.86. The van der Waals surface area contributed by atoms with Crippen molar-refractivity contribution in [2.45, 2.75) is 26.9 Å². The molecule has 0 aromatic heterocycles. The second-order valence-electron chi connectivity index (χ2n) is 1.68. The summed E-state index contributed by atoms with van der Waals surface area (Å²) < 4.78 is 8.25. The Hall–Kier alpha value is -0.0957. The molecule has 0 unspecified atom stereocenters. The molecule has 0 saturated carbocycles. The molecule has 0 fully saturated rings. The van der Waals surface area contributed by atoms with Crippen LogP contribution >= 0.6 is 0 Å². The maximum absolute atomic E-state index is 9.34. The van der Waals surface area contributed by atoms with Gasteiger partial charge in [0.15, 0.2) is 0 Å². The third-order valence-corrected chi connectivity index (χ3v) is 0.129. The Bertz CT molecular complexity index is 82.2. The molecule has 2 N–H and O–H groups in total. The van der Waals surface area contributed by atoms with Crippen molar-refractivity contribution in [3.8, 4) is 0 Å². The van der Waals surface area contributed by atoms with Crippen LogP contribution in [0.25, 0.3) is 0 Å². The van der Waals surface area contributed by atoms with Gasteiger partial charge in [0, 0.05) is 13.0 Å². The summed E-state index contributed by atoms with van der Waals surface area (Å²) in [6.45, 7) is 4.56. The Balaban J connectivity index is -0.0000000965. The number of aliphatic hydroxyl groups is 1. The zero-order valence-electron chi connectivity index (χ0n) is 6.70. The van der Waals surface area contributed by atoms with Crippen LogP contribution in [-0.4, -0.2) is 22.4 Å². The third-order valence-electron chi connectivity index (χ3n) is 0.129. The summed E-state index contributed by atoms with van der Waals surface area (Å²) in [4.78, 5) is 12.5. The molecule has 5 nitrogen and oxygen atoms in total. The zero-order valence-corrected chi connectivity index (χ0v) is 8.26. The molecule has 0 aliphatic carbocycles. The fourth-order valence-electron chi connectivity index (χ4n) is 0. The Morgan fingerprint density at radius 3 is 1.55 bits per heavy atom. The van der Waals surface area contributed by atoms with Crippen LogP contribution in [0.5, 0.6) is 0 Å². The van der Waals surface area contributed by atoms with E-state index >= 15 is 0 Å². The summed E-state index contributed by atoms with van der Waals surface area (Å²) in [6, 6.07) is 0. The first kappa shape index (κ1) is 17.1. The van der Waals surface area contributed by atoms with Crippen molar-refractivity contribution in [2.75, 3.05) is 0 Å². The fourth-order valence-corrected chi connectivity index (χ4v) is 0. The van der Waals surface area contributed by atoms with E-state index in [0.717, 1.165) is 27.3 Å². The van der Waals surface area contributed by atoms with Crippen LogP contribution in [0.15, 0.2) is 0 Å². The summed E-state index contributed by atoms with van der Waals surface area (Å²) in [7, 11) is 0. The standard InChI is InChI=1S/C3H8O.C2H4O3.O.Ti/c1-3(2)4;1-2(3)5-4;;/h3-4H,1-2H3;4H,1H3;;. The Labute approximate surface area is 77.0 Å². The summed E-state index contributed by atoms with van der Waals surface area (Å²) >= 11 is 0.750. The molecule has 0 amide bonds. The molecule has 0 aliphatic rings. The monoisotopic (exact) mass is 200 g/mol. The van der Waals surface area contributed by atoms with Gasteiger partial charge in [-0.1, -0.05) is 0 Å². The average Bonchev–Trinajstić information content (AvgIpc) is 1.91. The average molecular weight is 200 g/mol. The molecular weight excluding hydrogens is 188 g/mol. The van der Waals surface area contributed by atoms with Crippen LogP contribution in [0.1, 0.15) is 20.8 Å². The molecule has 0 rings (SSSR count). The third kappa shape index (κ3) is 171. The number of hydrogen-bond donors (Lipinski definition) is 2. The molecule has 0 atom stereocenters. The quantitative estimate of drug-likeness (QED) is 0.333. The van der Waals surface area contributed by atoms with E-state index in [0.29, 0.717) is 0 Å². The second kappa shape index (κ2) is 16.5. The molecule has 0 heterocycles. The van der Waals surface area contributed by atoms with Crippen LogP contribution in [0.2, 0.25) is 0 Å². The Kier molecular flexibility index (Phi) is 25.6. The van der Waals surface area contributed by atoms with Crippen molar-refractivity contribution in [2.24, 2.45) is 0 Å². The first-order valence-electron chi connectivity index (χ1n) is 2.71. The number of carbonyl (C=O) groups is 1. The molecule has 0 radical (unpaired) electrons. The van der Waals surface area contributed by atoms with E-state index in [9.17, 15) is 4.79 Å². The van der Waals surface area contributed by atoms with Crippen molar-refractivity contribution >= 4 is 5.97 Å². The molecule has 66 valence electrons. The predicted molar refractivity (Wildman–Crippen MR) is 32.4 cm³/mol. The van der Waals surface area contributed by atoms with Crippen LogP contribution in [0, 0.1) is 0 Å². The topological polar surface area (TPSA) is 83.8 Å². The van der Waals surface area contributed by atoms with Crippen molar-refractivity contribution < 1.29 is 43.8 Å². The van der Waals surface area contributed by atoms with Crippen molar-refractivity contribution in [1.29, 1.82) is 0 Å². The normalized spacial score (nSPS) is 6.64. The van der Waals surface area contributed by atoms with Crippen LogP contribution < -0.4 is 0 Å². The van der Waals surface area contributed by atoms with E-state index in [4.69, 9.17) is 13.7 Å². The predicted octanol–water partition coefficient (Wildman–Crippen LogP) is 0.288. The molecular formula is C5H12O5Ti. The van der Waals surface area contributed by atoms with E-state index in [1.54, 1.807) is 13.8 Å². The molecule has 0 aliphatic heterocycles. The molecule has 0 aromatic rings. The summed E-state index contributed by atoms with van der Waals surface area (Å²) in [5.41, 5.74) is 0. The number of rotatable bonds is 0. The van der Waals surface area contributed by atoms with Gasteiger partial charge in [-0.05, 0) is 13.8 Å². The first-order valence-corrected chi connectivity index (χ1v) is 3.35. The summed E-state index contributed by atoms with van der Waals surface area (Å²) in [5, 5.41) is 15.3. The minimum absolute atomic E-state index is 0.167. The maximum atomic E-state index is 9.34. The van der Waals surface area contributed by atoms with Crippen LogP contribution in [-0.2, 0) is 33.4 Å². The van der Waals surface area contributed by atoms with E-state index < -0.39 is 5.97 Å². The van der Waals surface area contributed by atoms with E-state index in [1.807, 2.05) is 0 Å². The molecule has 0 aromatic carbocycles. The van der Waals surface area contributed by atoms with Crippen LogP contribution in [0.4, 0.5) is 0 Å². The van der Waals surface area contributed by atoms with Gasteiger partial charge in [0.1, 0.15) is 0 Å². The van der Waals surface area contributed by atoms with Gasteiger partial charge in [-0.2, -0.15) is 5.26 Å². The van der Waals surface area contributed by atoms with Crippen molar-refractivity contribution in [3.05, 3.63) is 0 Å². The van der Waals surface area contributed by atoms with E-state index in [-0.39, 0.29) is 6.10 Å². The number of aliphatic hydroxyl groups excluding tert-OH is 1. The fraction of sp³-hybridized carbons (Fsp3) is 0.800. The SMILES string of the molecule is CC(=O)OO.CC(C)O.[O]=[Ti]. The molecule has 11 heavy (non-hydrogen) atoms. The molecule has 6 heteroatoms. The van der Waals surface area contributed by atoms with Crippen LogP contribution in [0.3, 0.4) is 0 Å². The Morgan fingerprint density at radius 1 is 1.45 bits per heavy atom.